The number of anilines is 1. The second-order valence-electron chi connectivity index (χ2n) is 8.25. The molecule has 0 unspecified atom stereocenters. The van der Waals surface area contributed by atoms with Gasteiger partial charge in [0.1, 0.15) is 17.4 Å². The summed E-state index contributed by atoms with van der Waals surface area (Å²) in [5.74, 6) is 5.59. The standard InChI is InChI=1S/C24H30N8O4S/c1-3-26-24(34)30-20-11-18(23-29-15(2)14-37-23)19(13-27-20)17-10-16(21(33)31-25)12-28-22(17)36-9-6-32-4-7-35-8-5-32/h10-14H,3-9,25H2,1-2H3,(H,31,33)(H2,26,27,30,34). The number of morpholine rings is 1. The van der Waals surface area contributed by atoms with Gasteiger partial charge in [-0.2, -0.15) is 0 Å². The fraction of sp³-hybridized carbons (Fsp3) is 0.375. The molecule has 0 aromatic carbocycles. The van der Waals surface area contributed by atoms with Crippen LogP contribution in [0.2, 0.25) is 0 Å². The molecule has 0 aliphatic carbocycles. The quantitative estimate of drug-likeness (QED) is 0.186. The van der Waals surface area contributed by atoms with Gasteiger partial charge in [-0.05, 0) is 26.0 Å². The van der Waals surface area contributed by atoms with Crippen molar-refractivity contribution >= 4 is 29.1 Å². The van der Waals surface area contributed by atoms with Crippen molar-refractivity contribution in [1.82, 2.24) is 30.6 Å². The van der Waals surface area contributed by atoms with Crippen molar-refractivity contribution in [1.29, 1.82) is 0 Å². The molecule has 13 heteroatoms. The first-order chi connectivity index (χ1) is 18.0. The molecule has 4 rings (SSSR count). The number of pyridine rings is 2. The number of hydrogen-bond donors (Lipinski definition) is 4. The lowest BCUT2D eigenvalue weighted by Crippen LogP contribution is -2.38. The smallest absolute Gasteiger partial charge is 0.320 e. The predicted molar refractivity (Wildman–Crippen MR) is 140 cm³/mol. The second kappa shape index (κ2) is 12.5. The van der Waals surface area contributed by atoms with E-state index in [1.165, 1.54) is 17.5 Å². The summed E-state index contributed by atoms with van der Waals surface area (Å²) in [4.78, 5) is 40.2. The van der Waals surface area contributed by atoms with E-state index in [2.05, 4.69) is 35.9 Å². The van der Waals surface area contributed by atoms with Crippen molar-refractivity contribution in [2.24, 2.45) is 5.84 Å². The van der Waals surface area contributed by atoms with E-state index in [4.69, 9.17) is 15.3 Å². The number of rotatable bonds is 9. The Morgan fingerprint density at radius 3 is 2.68 bits per heavy atom. The van der Waals surface area contributed by atoms with Gasteiger partial charge in [0.25, 0.3) is 5.91 Å². The van der Waals surface area contributed by atoms with Crippen LogP contribution in [0.15, 0.2) is 29.9 Å². The first-order valence-corrected chi connectivity index (χ1v) is 12.8. The maximum atomic E-state index is 12.3. The Labute approximate surface area is 218 Å². The summed E-state index contributed by atoms with van der Waals surface area (Å²) >= 11 is 1.46. The van der Waals surface area contributed by atoms with Crippen LogP contribution in [0.25, 0.3) is 21.7 Å². The fourth-order valence-electron chi connectivity index (χ4n) is 3.78. The van der Waals surface area contributed by atoms with Crippen LogP contribution >= 0.6 is 11.3 Å². The first-order valence-electron chi connectivity index (χ1n) is 11.9. The molecule has 37 heavy (non-hydrogen) atoms. The fourth-order valence-corrected chi connectivity index (χ4v) is 4.61. The molecule has 4 heterocycles. The third-order valence-corrected chi connectivity index (χ3v) is 6.61. The van der Waals surface area contributed by atoms with Crippen molar-refractivity contribution in [3.05, 3.63) is 41.2 Å². The van der Waals surface area contributed by atoms with Gasteiger partial charge in [0.2, 0.25) is 5.88 Å². The molecule has 0 radical (unpaired) electrons. The number of hydrazine groups is 1. The van der Waals surface area contributed by atoms with Crippen molar-refractivity contribution < 1.29 is 19.1 Å². The van der Waals surface area contributed by atoms with E-state index in [1.54, 1.807) is 18.3 Å². The Balaban J connectivity index is 1.72. The number of amides is 3. The molecule has 3 aromatic heterocycles. The van der Waals surface area contributed by atoms with Gasteiger partial charge in [0.05, 0.1) is 18.8 Å². The minimum absolute atomic E-state index is 0.267. The maximum absolute atomic E-state index is 12.3. The largest absolute Gasteiger partial charge is 0.476 e. The number of carbonyl (C=O) groups is 2. The molecule has 1 aliphatic rings. The van der Waals surface area contributed by atoms with Gasteiger partial charge in [0.15, 0.2) is 0 Å². The molecule has 1 fully saturated rings. The van der Waals surface area contributed by atoms with Gasteiger partial charge in [0, 0.05) is 66.3 Å². The summed E-state index contributed by atoms with van der Waals surface area (Å²) in [5, 5.41) is 8.08. The monoisotopic (exact) mass is 526 g/mol. The summed E-state index contributed by atoms with van der Waals surface area (Å²) in [7, 11) is 0. The third-order valence-electron chi connectivity index (χ3n) is 5.62. The van der Waals surface area contributed by atoms with E-state index in [9.17, 15) is 9.59 Å². The summed E-state index contributed by atoms with van der Waals surface area (Å²) in [6.07, 6.45) is 3.03. The number of urea groups is 1. The lowest BCUT2D eigenvalue weighted by Gasteiger charge is -2.26. The van der Waals surface area contributed by atoms with Gasteiger partial charge >= 0.3 is 6.03 Å². The zero-order valence-electron chi connectivity index (χ0n) is 20.7. The molecule has 3 amide bonds. The summed E-state index contributed by atoms with van der Waals surface area (Å²) in [6.45, 7) is 8.42. The van der Waals surface area contributed by atoms with Crippen LogP contribution in [0, 0.1) is 6.92 Å². The Morgan fingerprint density at radius 2 is 1.97 bits per heavy atom. The maximum Gasteiger partial charge on any atom is 0.320 e. The lowest BCUT2D eigenvalue weighted by molar-refractivity contribution is 0.0320. The van der Waals surface area contributed by atoms with Crippen LogP contribution in [0.5, 0.6) is 5.88 Å². The number of nitrogens with zero attached hydrogens (tertiary/aromatic N) is 4. The van der Waals surface area contributed by atoms with E-state index in [-0.39, 0.29) is 11.6 Å². The van der Waals surface area contributed by atoms with Crippen LogP contribution in [-0.2, 0) is 4.74 Å². The van der Waals surface area contributed by atoms with E-state index in [0.29, 0.717) is 61.3 Å². The highest BCUT2D eigenvalue weighted by atomic mass is 32.1. The highest BCUT2D eigenvalue weighted by Crippen LogP contribution is 2.38. The number of nitrogens with one attached hydrogen (secondary N) is 3. The zero-order chi connectivity index (χ0) is 26.2. The van der Waals surface area contributed by atoms with E-state index in [1.807, 2.05) is 19.2 Å². The summed E-state index contributed by atoms with van der Waals surface area (Å²) < 4.78 is 11.5. The Morgan fingerprint density at radius 1 is 1.16 bits per heavy atom. The van der Waals surface area contributed by atoms with Crippen molar-refractivity contribution in [3.63, 3.8) is 0 Å². The van der Waals surface area contributed by atoms with Crippen molar-refractivity contribution in [3.8, 4) is 27.6 Å². The highest BCUT2D eigenvalue weighted by molar-refractivity contribution is 7.13. The number of carbonyl (C=O) groups excluding carboxylic acids is 2. The molecule has 1 saturated heterocycles. The number of thiazole rings is 1. The Bertz CT molecular complexity index is 1250. The molecule has 1 aliphatic heterocycles. The molecule has 0 saturated carbocycles. The molecule has 5 N–H and O–H groups in total. The molecule has 3 aromatic rings. The number of nitrogen functional groups attached to an aromatic ring is 1. The summed E-state index contributed by atoms with van der Waals surface area (Å²) in [5.41, 5.74) is 5.19. The van der Waals surface area contributed by atoms with Gasteiger partial charge < -0.3 is 14.8 Å². The number of hydrogen-bond acceptors (Lipinski definition) is 10. The Kier molecular flexibility index (Phi) is 8.95. The topological polar surface area (TPSA) is 157 Å². The van der Waals surface area contributed by atoms with Crippen LogP contribution in [0.1, 0.15) is 23.0 Å². The second-order valence-corrected chi connectivity index (χ2v) is 9.10. The molecule has 0 spiro atoms. The van der Waals surface area contributed by atoms with Crippen molar-refractivity contribution in [2.75, 3.05) is 51.3 Å². The van der Waals surface area contributed by atoms with E-state index < -0.39 is 5.91 Å². The average molecular weight is 527 g/mol. The average Bonchev–Trinajstić information content (AvgIpc) is 3.35. The van der Waals surface area contributed by atoms with Gasteiger partial charge in [-0.1, -0.05) is 0 Å². The molecule has 0 atom stereocenters. The van der Waals surface area contributed by atoms with Gasteiger partial charge in [-0.3, -0.25) is 20.4 Å². The third kappa shape index (κ3) is 6.77. The molecule has 0 bridgehead atoms. The summed E-state index contributed by atoms with van der Waals surface area (Å²) in [6, 6.07) is 3.05. The molecular weight excluding hydrogens is 496 g/mol. The SMILES string of the molecule is CCNC(=O)Nc1cc(-c2nc(C)cs2)c(-c2cc(C(=O)NN)cnc2OCCN2CCOCC2)cn1. The molecule has 196 valence electrons. The molecular formula is C24H30N8O4S. The predicted octanol–water partition coefficient (Wildman–Crippen LogP) is 2.03. The number of aromatic nitrogens is 3. The highest BCUT2D eigenvalue weighted by Gasteiger charge is 2.20. The minimum Gasteiger partial charge on any atom is -0.476 e. The Hall–Kier alpha value is -3.65. The number of nitrogens with two attached hydrogens (primary N) is 1. The van der Waals surface area contributed by atoms with E-state index in [0.717, 1.165) is 23.8 Å². The normalized spacial score (nSPS) is 13.7. The van der Waals surface area contributed by atoms with Crippen LogP contribution in [-0.4, -0.2) is 77.8 Å². The van der Waals surface area contributed by atoms with Crippen LogP contribution in [0.4, 0.5) is 10.6 Å². The van der Waals surface area contributed by atoms with E-state index >= 15 is 0 Å². The zero-order valence-corrected chi connectivity index (χ0v) is 21.6. The van der Waals surface area contributed by atoms with Crippen molar-refractivity contribution in [2.45, 2.75) is 13.8 Å². The lowest BCUT2D eigenvalue weighted by atomic mass is 10.0. The minimum atomic E-state index is -0.484. The van der Waals surface area contributed by atoms with Crippen LogP contribution in [0.3, 0.4) is 0 Å². The van der Waals surface area contributed by atoms with Gasteiger partial charge in [-0.25, -0.2) is 25.6 Å². The number of ether oxygens (including phenoxy) is 2. The van der Waals surface area contributed by atoms with Crippen LogP contribution < -0.4 is 26.6 Å². The number of aryl methyl sites for hydroxylation is 1. The van der Waals surface area contributed by atoms with Gasteiger partial charge in [-0.15, -0.1) is 11.3 Å². The first kappa shape index (κ1) is 26.4. The molecule has 12 nitrogen and oxygen atoms in total.